The van der Waals surface area contributed by atoms with E-state index >= 15 is 0 Å². The Morgan fingerprint density at radius 3 is 2.04 bits per heavy atom. The minimum absolute atomic E-state index is 0. The van der Waals surface area contributed by atoms with Crippen LogP contribution < -0.4 is 9.30 Å². The molecule has 0 radical (unpaired) electrons. The standard InChI is InChI=1S/C45H46N4O.Pt/c1-28-29(2)31(4)43(32(5)30(28)3)48-27-47(26-41(48)45(9,10)11)34-15-14-16-35(24-34)50-36-19-20-38-37-17-12-13-18-39(37)49(40(38)25-36)42-23-33(21-22-46-42)44(6,7)8;/h12-23,26H,1-11H3;/q-2;. The van der Waals surface area contributed by atoms with Crippen molar-refractivity contribution in [2.75, 3.05) is 0 Å². The predicted molar refractivity (Wildman–Crippen MR) is 204 cm³/mol. The van der Waals surface area contributed by atoms with Crippen LogP contribution in [-0.4, -0.2) is 14.1 Å². The van der Waals surface area contributed by atoms with E-state index in [-0.39, 0.29) is 31.9 Å². The van der Waals surface area contributed by atoms with Gasteiger partial charge in [0.05, 0.1) is 11.4 Å². The van der Waals surface area contributed by atoms with Crippen molar-refractivity contribution < 1.29 is 30.4 Å². The number of pyridine rings is 1. The quantitative estimate of drug-likeness (QED) is 0.128. The van der Waals surface area contributed by atoms with Gasteiger partial charge in [-0.25, -0.2) is 4.98 Å². The number of hydrogen-bond donors (Lipinski definition) is 0. The second kappa shape index (κ2) is 13.3. The van der Waals surface area contributed by atoms with Gasteiger partial charge in [-0.2, -0.15) is 18.2 Å². The third kappa shape index (κ3) is 6.46. The van der Waals surface area contributed by atoms with E-state index < -0.39 is 0 Å². The summed E-state index contributed by atoms with van der Waals surface area (Å²) in [5.41, 5.74) is 12.9. The number of rotatable bonds is 5. The molecule has 0 spiro atoms. The second-order valence-electron chi connectivity index (χ2n) is 15.6. The molecule has 0 saturated heterocycles. The summed E-state index contributed by atoms with van der Waals surface area (Å²) in [6.07, 6.45) is 7.75. The normalized spacial score (nSPS) is 12.1. The summed E-state index contributed by atoms with van der Waals surface area (Å²) >= 11 is 0. The van der Waals surface area contributed by atoms with E-state index in [4.69, 9.17) is 9.72 Å². The molecule has 7 rings (SSSR count). The van der Waals surface area contributed by atoms with Gasteiger partial charge in [0, 0.05) is 50.5 Å². The van der Waals surface area contributed by atoms with Crippen LogP contribution in [0.2, 0.25) is 0 Å². The molecule has 51 heavy (non-hydrogen) atoms. The maximum Gasteiger partial charge on any atom is 0.267 e. The number of fused-ring (bicyclic) bond motifs is 3. The molecule has 6 heteroatoms. The van der Waals surface area contributed by atoms with Gasteiger partial charge in [-0.05, 0) is 108 Å². The summed E-state index contributed by atoms with van der Waals surface area (Å²) in [4.78, 5) is 4.81. The summed E-state index contributed by atoms with van der Waals surface area (Å²) in [5, 5.41) is 2.25. The Kier molecular flexibility index (Phi) is 9.44. The van der Waals surface area contributed by atoms with Gasteiger partial charge < -0.3 is 13.9 Å². The van der Waals surface area contributed by atoms with Gasteiger partial charge >= 0.3 is 0 Å². The number of hydrogen-bond acceptors (Lipinski definition) is 2. The van der Waals surface area contributed by atoms with Crippen LogP contribution >= 0.6 is 0 Å². The largest absolute Gasteiger partial charge is 0.510 e. The molecule has 0 bridgehead atoms. The minimum Gasteiger partial charge on any atom is -0.510 e. The van der Waals surface area contributed by atoms with Crippen LogP contribution in [0.15, 0.2) is 79.1 Å². The third-order valence-electron chi connectivity index (χ3n) is 10.3. The summed E-state index contributed by atoms with van der Waals surface area (Å²) in [5.74, 6) is 2.08. The molecule has 0 amide bonds. The van der Waals surface area contributed by atoms with Crippen LogP contribution in [0.4, 0.5) is 0 Å². The van der Waals surface area contributed by atoms with Crippen molar-refractivity contribution in [3.63, 3.8) is 0 Å². The molecule has 7 aromatic rings. The van der Waals surface area contributed by atoms with E-state index in [1.165, 1.54) is 44.8 Å². The summed E-state index contributed by atoms with van der Waals surface area (Å²) < 4.78 is 13.0. The van der Waals surface area contributed by atoms with E-state index in [9.17, 15) is 0 Å². The molecule has 0 fully saturated rings. The fourth-order valence-corrected chi connectivity index (χ4v) is 6.94. The molecule has 0 unspecified atom stereocenters. The van der Waals surface area contributed by atoms with Crippen molar-refractivity contribution >= 4 is 21.8 Å². The summed E-state index contributed by atoms with van der Waals surface area (Å²) in [6, 6.07) is 29.9. The Bertz CT molecular complexity index is 2410. The Labute approximate surface area is 317 Å². The van der Waals surface area contributed by atoms with Crippen molar-refractivity contribution in [3.8, 4) is 28.7 Å². The number of benzene rings is 4. The zero-order valence-corrected chi connectivity index (χ0v) is 33.8. The molecule has 0 atom stereocenters. The summed E-state index contributed by atoms with van der Waals surface area (Å²) in [6.45, 7) is 24.5. The van der Waals surface area contributed by atoms with Crippen LogP contribution in [0.3, 0.4) is 0 Å². The van der Waals surface area contributed by atoms with Crippen molar-refractivity contribution in [2.45, 2.75) is 87.0 Å². The Balaban J connectivity index is 0.00000448. The number of ether oxygens (including phenoxy) is 1. The average molecular weight is 854 g/mol. The van der Waals surface area contributed by atoms with Gasteiger partial charge in [-0.15, -0.1) is 29.7 Å². The van der Waals surface area contributed by atoms with Crippen molar-refractivity contribution in [1.82, 2.24) is 14.1 Å². The molecule has 0 aliphatic rings. The average Bonchev–Trinajstić information content (AvgIpc) is 3.67. The molecular formula is C45H46N4OPt-2. The van der Waals surface area contributed by atoms with E-state index in [0.717, 1.165) is 33.3 Å². The molecule has 264 valence electrons. The fourth-order valence-electron chi connectivity index (χ4n) is 6.94. The van der Waals surface area contributed by atoms with Gasteiger partial charge in [0.1, 0.15) is 5.82 Å². The zero-order valence-electron chi connectivity index (χ0n) is 31.5. The molecular weight excluding hydrogens is 808 g/mol. The maximum absolute atomic E-state index is 6.51. The second-order valence-corrected chi connectivity index (χ2v) is 15.6. The molecule has 0 saturated carbocycles. The van der Waals surface area contributed by atoms with Crippen LogP contribution in [0.5, 0.6) is 11.5 Å². The van der Waals surface area contributed by atoms with Gasteiger partial charge in [0.2, 0.25) is 0 Å². The third-order valence-corrected chi connectivity index (χ3v) is 10.3. The predicted octanol–water partition coefficient (Wildman–Crippen LogP) is 10.6. The smallest absolute Gasteiger partial charge is 0.267 e. The molecule has 0 aliphatic heterocycles. The first kappa shape index (κ1) is 36.3. The van der Waals surface area contributed by atoms with Gasteiger partial charge in [0.15, 0.2) is 0 Å². The first-order valence-corrected chi connectivity index (χ1v) is 17.4. The first-order valence-electron chi connectivity index (χ1n) is 17.4. The van der Waals surface area contributed by atoms with Gasteiger partial charge in [-0.3, -0.25) is 4.57 Å². The maximum atomic E-state index is 6.51. The van der Waals surface area contributed by atoms with E-state index in [0.29, 0.717) is 11.5 Å². The van der Waals surface area contributed by atoms with Crippen LogP contribution in [-0.2, 0) is 31.9 Å². The fraction of sp³-hybridized carbons (Fsp3) is 0.289. The van der Waals surface area contributed by atoms with Gasteiger partial charge in [0.25, 0.3) is 6.33 Å². The van der Waals surface area contributed by atoms with Crippen molar-refractivity contribution in [3.05, 3.63) is 137 Å². The van der Waals surface area contributed by atoms with E-state index in [2.05, 4.69) is 152 Å². The molecule has 5 nitrogen and oxygen atoms in total. The molecule has 4 aromatic carbocycles. The number of imidazole rings is 1. The number of aromatic nitrogens is 4. The molecule has 0 N–H and O–H groups in total. The molecule has 0 aliphatic carbocycles. The summed E-state index contributed by atoms with van der Waals surface area (Å²) in [7, 11) is 0. The zero-order chi connectivity index (χ0) is 35.7. The van der Waals surface area contributed by atoms with Gasteiger partial charge in [-0.1, -0.05) is 65.3 Å². The first-order chi connectivity index (χ1) is 23.6. The molecule has 3 heterocycles. The van der Waals surface area contributed by atoms with Crippen LogP contribution in [0.1, 0.15) is 80.6 Å². The van der Waals surface area contributed by atoms with Crippen LogP contribution in [0.25, 0.3) is 39.0 Å². The SMILES string of the molecule is Cc1c(C)c(C)c(-[n+]2[c-]n(-c3[c-]c(Oc4[c-]c5c(cc4)c4ccccc4n5-c4cc(C(C)(C)C)ccn4)ccc3)cc2C(C)(C)C)c(C)c1C.[Pt]. The van der Waals surface area contributed by atoms with Crippen molar-refractivity contribution in [1.29, 1.82) is 0 Å². The number of nitrogens with zero attached hydrogens (tertiary/aromatic N) is 4. The Hall–Kier alpha value is -4.47. The van der Waals surface area contributed by atoms with Crippen molar-refractivity contribution in [2.24, 2.45) is 0 Å². The van der Waals surface area contributed by atoms with Crippen LogP contribution in [0, 0.1) is 53.1 Å². The number of para-hydroxylation sites is 1. The molecule has 3 aromatic heterocycles. The Morgan fingerprint density at radius 2 is 1.35 bits per heavy atom. The topological polar surface area (TPSA) is 35.9 Å². The Morgan fingerprint density at radius 1 is 0.686 bits per heavy atom. The minimum atomic E-state index is -0.120. The van der Waals surface area contributed by atoms with E-state index in [1.54, 1.807) is 0 Å². The van der Waals surface area contributed by atoms with E-state index in [1.807, 2.05) is 35.0 Å². The monoisotopic (exact) mass is 853 g/mol.